The van der Waals surface area contributed by atoms with E-state index in [1.807, 2.05) is 53.8 Å². The van der Waals surface area contributed by atoms with Crippen LogP contribution in [0.5, 0.6) is 0 Å². The van der Waals surface area contributed by atoms with Crippen molar-refractivity contribution in [3.05, 3.63) is 47.9 Å². The fourth-order valence-electron chi connectivity index (χ4n) is 3.97. The standard InChI is InChI=1S/C21H24N6OS2/c1-25-18-17(13-24-25)19(23-14-22-18)26-7-9-27(10-8-26)20(28)15-3-5-16(6-4-15)21-29-11-2-12-30-21/h3-6,13-14,21H,2,7-12H2,1H3. The molecule has 30 heavy (non-hydrogen) atoms. The number of thioether (sulfide) groups is 2. The van der Waals surface area contributed by atoms with Crippen LogP contribution < -0.4 is 4.90 Å². The SMILES string of the molecule is Cn1ncc2c(N3CCN(C(=O)c4ccc(C5SCCCS5)cc4)CC3)ncnc21. The number of carbonyl (C=O) groups excluding carboxylic acids is 1. The average Bonchev–Trinajstić information content (AvgIpc) is 3.20. The van der Waals surface area contributed by atoms with Gasteiger partial charge in [0, 0.05) is 38.8 Å². The summed E-state index contributed by atoms with van der Waals surface area (Å²) in [7, 11) is 1.88. The van der Waals surface area contributed by atoms with E-state index in [9.17, 15) is 4.79 Å². The molecule has 0 saturated carbocycles. The maximum Gasteiger partial charge on any atom is 0.253 e. The number of amides is 1. The Hall–Kier alpha value is -2.26. The van der Waals surface area contributed by atoms with Gasteiger partial charge in [-0.05, 0) is 35.6 Å². The molecule has 2 fully saturated rings. The maximum absolute atomic E-state index is 13.0. The summed E-state index contributed by atoms with van der Waals surface area (Å²) in [5.74, 6) is 3.45. The molecule has 0 atom stereocenters. The van der Waals surface area contributed by atoms with Gasteiger partial charge >= 0.3 is 0 Å². The highest BCUT2D eigenvalue weighted by Gasteiger charge is 2.25. The quantitative estimate of drug-likeness (QED) is 0.620. The van der Waals surface area contributed by atoms with Crippen molar-refractivity contribution in [1.82, 2.24) is 24.6 Å². The van der Waals surface area contributed by atoms with Crippen LogP contribution in [-0.2, 0) is 7.05 Å². The number of aromatic nitrogens is 4. The normalized spacial score (nSPS) is 18.2. The molecule has 2 aliphatic heterocycles. The Balaban J connectivity index is 1.24. The van der Waals surface area contributed by atoms with Crippen molar-refractivity contribution in [2.24, 2.45) is 7.05 Å². The predicted molar refractivity (Wildman–Crippen MR) is 123 cm³/mol. The summed E-state index contributed by atoms with van der Waals surface area (Å²) < 4.78 is 2.26. The molecule has 0 aliphatic carbocycles. The zero-order chi connectivity index (χ0) is 20.5. The average molecular weight is 441 g/mol. The Kier molecular flexibility index (Phi) is 5.56. The van der Waals surface area contributed by atoms with Gasteiger partial charge in [0.25, 0.3) is 5.91 Å². The number of piperazine rings is 1. The first-order chi connectivity index (χ1) is 14.7. The summed E-state index contributed by atoms with van der Waals surface area (Å²) in [5, 5.41) is 5.25. The Morgan fingerprint density at radius 2 is 1.77 bits per heavy atom. The molecule has 2 aliphatic rings. The fourth-order valence-corrected chi connectivity index (χ4v) is 6.86. The van der Waals surface area contributed by atoms with Gasteiger partial charge in [0.15, 0.2) is 5.65 Å². The van der Waals surface area contributed by atoms with E-state index in [1.165, 1.54) is 23.5 Å². The molecule has 0 spiro atoms. The number of fused-ring (bicyclic) bond motifs is 1. The lowest BCUT2D eigenvalue weighted by atomic mass is 10.1. The minimum atomic E-state index is 0.111. The highest BCUT2D eigenvalue weighted by molar-refractivity contribution is 8.16. The summed E-state index contributed by atoms with van der Waals surface area (Å²) in [6.07, 6.45) is 4.68. The van der Waals surface area contributed by atoms with Gasteiger partial charge in [-0.25, -0.2) is 9.97 Å². The lowest BCUT2D eigenvalue weighted by Crippen LogP contribution is -2.49. The van der Waals surface area contributed by atoms with Gasteiger partial charge in [0.05, 0.1) is 16.2 Å². The molecule has 0 radical (unpaired) electrons. The van der Waals surface area contributed by atoms with Crippen molar-refractivity contribution in [2.75, 3.05) is 42.6 Å². The first kappa shape index (κ1) is 19.7. The van der Waals surface area contributed by atoms with Crippen LogP contribution in [0.25, 0.3) is 11.0 Å². The van der Waals surface area contributed by atoms with Gasteiger partial charge in [-0.2, -0.15) is 5.10 Å². The first-order valence-electron chi connectivity index (χ1n) is 10.2. The number of aryl methyl sites for hydroxylation is 1. The van der Waals surface area contributed by atoms with Gasteiger partial charge in [-0.3, -0.25) is 9.48 Å². The molecule has 1 aromatic carbocycles. The van der Waals surface area contributed by atoms with Crippen molar-refractivity contribution in [3.8, 4) is 0 Å². The van der Waals surface area contributed by atoms with Crippen molar-refractivity contribution < 1.29 is 4.79 Å². The number of anilines is 1. The van der Waals surface area contributed by atoms with Gasteiger partial charge in [-0.15, -0.1) is 23.5 Å². The van der Waals surface area contributed by atoms with Crippen LogP contribution in [0.15, 0.2) is 36.8 Å². The van der Waals surface area contributed by atoms with Crippen LogP contribution in [-0.4, -0.2) is 68.2 Å². The van der Waals surface area contributed by atoms with E-state index >= 15 is 0 Å². The van der Waals surface area contributed by atoms with Crippen molar-refractivity contribution in [1.29, 1.82) is 0 Å². The zero-order valence-electron chi connectivity index (χ0n) is 16.9. The predicted octanol–water partition coefficient (Wildman–Crippen LogP) is 3.19. The largest absolute Gasteiger partial charge is 0.352 e. The number of hydrogen-bond donors (Lipinski definition) is 0. The number of rotatable bonds is 3. The van der Waals surface area contributed by atoms with Crippen LogP contribution in [0.4, 0.5) is 5.82 Å². The van der Waals surface area contributed by atoms with Crippen molar-refractivity contribution in [2.45, 2.75) is 11.0 Å². The molecule has 0 N–H and O–H groups in total. The molecular weight excluding hydrogens is 416 g/mol. The van der Waals surface area contributed by atoms with E-state index in [-0.39, 0.29) is 5.91 Å². The van der Waals surface area contributed by atoms with E-state index in [1.54, 1.807) is 11.0 Å². The van der Waals surface area contributed by atoms with E-state index in [0.29, 0.717) is 17.7 Å². The molecule has 156 valence electrons. The van der Waals surface area contributed by atoms with Crippen molar-refractivity contribution >= 4 is 46.3 Å². The van der Waals surface area contributed by atoms with Crippen LogP contribution in [0.1, 0.15) is 26.9 Å². The molecule has 5 rings (SSSR count). The Morgan fingerprint density at radius 1 is 1.03 bits per heavy atom. The monoisotopic (exact) mass is 440 g/mol. The third kappa shape index (κ3) is 3.76. The molecule has 0 bridgehead atoms. The minimum absolute atomic E-state index is 0.111. The smallest absolute Gasteiger partial charge is 0.253 e. The third-order valence-electron chi connectivity index (χ3n) is 5.63. The second kappa shape index (κ2) is 8.47. The summed E-state index contributed by atoms with van der Waals surface area (Å²) in [6.45, 7) is 2.86. The lowest BCUT2D eigenvalue weighted by Gasteiger charge is -2.35. The highest BCUT2D eigenvalue weighted by Crippen LogP contribution is 2.43. The Labute approximate surface area is 184 Å². The molecule has 1 amide bonds. The fraction of sp³-hybridized carbons (Fsp3) is 0.429. The van der Waals surface area contributed by atoms with Crippen LogP contribution in [0.2, 0.25) is 0 Å². The van der Waals surface area contributed by atoms with Crippen molar-refractivity contribution in [3.63, 3.8) is 0 Å². The minimum Gasteiger partial charge on any atom is -0.352 e. The highest BCUT2D eigenvalue weighted by atomic mass is 32.2. The number of nitrogens with zero attached hydrogens (tertiary/aromatic N) is 6. The Bertz CT molecular complexity index is 1040. The molecule has 7 nitrogen and oxygen atoms in total. The topological polar surface area (TPSA) is 67.2 Å². The third-order valence-corrected chi connectivity index (χ3v) is 8.65. The molecule has 0 unspecified atom stereocenters. The van der Waals surface area contributed by atoms with E-state index < -0.39 is 0 Å². The molecule has 2 aromatic heterocycles. The van der Waals surface area contributed by atoms with E-state index in [2.05, 4.69) is 32.1 Å². The second-order valence-electron chi connectivity index (χ2n) is 7.53. The molecule has 2 saturated heterocycles. The molecule has 4 heterocycles. The summed E-state index contributed by atoms with van der Waals surface area (Å²) >= 11 is 4.01. The lowest BCUT2D eigenvalue weighted by molar-refractivity contribution is 0.0746. The van der Waals surface area contributed by atoms with Gasteiger partial charge < -0.3 is 9.80 Å². The first-order valence-corrected chi connectivity index (χ1v) is 12.3. The number of carbonyl (C=O) groups is 1. The second-order valence-corrected chi connectivity index (χ2v) is 10.3. The van der Waals surface area contributed by atoms with Crippen LogP contribution >= 0.6 is 23.5 Å². The van der Waals surface area contributed by atoms with Gasteiger partial charge in [-0.1, -0.05) is 12.1 Å². The Morgan fingerprint density at radius 3 is 2.50 bits per heavy atom. The summed E-state index contributed by atoms with van der Waals surface area (Å²) in [4.78, 5) is 26.0. The summed E-state index contributed by atoms with van der Waals surface area (Å²) in [6, 6.07) is 8.23. The van der Waals surface area contributed by atoms with Crippen LogP contribution in [0.3, 0.4) is 0 Å². The van der Waals surface area contributed by atoms with E-state index in [4.69, 9.17) is 0 Å². The van der Waals surface area contributed by atoms with E-state index in [0.717, 1.165) is 35.5 Å². The summed E-state index contributed by atoms with van der Waals surface area (Å²) in [5.41, 5.74) is 2.91. The zero-order valence-corrected chi connectivity index (χ0v) is 18.5. The molecular formula is C21H24N6OS2. The van der Waals surface area contributed by atoms with Gasteiger partial charge in [0.2, 0.25) is 0 Å². The molecule has 9 heteroatoms. The number of benzene rings is 1. The van der Waals surface area contributed by atoms with Crippen LogP contribution in [0, 0.1) is 0 Å². The maximum atomic E-state index is 13.0. The van der Waals surface area contributed by atoms with Gasteiger partial charge in [0.1, 0.15) is 12.1 Å². The molecule has 3 aromatic rings. The number of hydrogen-bond acceptors (Lipinski definition) is 7.